The molecule has 0 bridgehead atoms. The van der Waals surface area contributed by atoms with Crippen molar-refractivity contribution in [3.8, 4) is 0 Å². The summed E-state index contributed by atoms with van der Waals surface area (Å²) in [5.41, 5.74) is 6.16. The number of amides is 2. The van der Waals surface area contributed by atoms with Crippen LogP contribution in [0.1, 0.15) is 23.2 Å². The Morgan fingerprint density at radius 1 is 1.33 bits per heavy atom. The fourth-order valence-corrected chi connectivity index (χ4v) is 3.96. The molecular weight excluding hydrogens is 346 g/mol. The number of carbonyl (C=O) groups is 2. The SMILES string of the molecule is Cl.NCCNC(=O)C1CCCN(C(=O)c2csc3ccccc23)C1. The molecule has 2 heterocycles. The van der Waals surface area contributed by atoms with Crippen molar-refractivity contribution >= 4 is 45.6 Å². The number of carbonyl (C=O) groups excluding carboxylic acids is 2. The molecule has 1 aliphatic rings. The van der Waals surface area contributed by atoms with Gasteiger partial charge in [-0.3, -0.25) is 9.59 Å². The van der Waals surface area contributed by atoms with Gasteiger partial charge in [-0.1, -0.05) is 18.2 Å². The minimum absolute atomic E-state index is 0. The Hall–Kier alpha value is -1.63. The van der Waals surface area contributed by atoms with Crippen molar-refractivity contribution in [2.24, 2.45) is 11.7 Å². The standard InChI is InChI=1S/C17H21N3O2S.ClH/c18-7-8-19-16(21)12-4-3-9-20(10-12)17(22)14-11-23-15-6-2-1-5-13(14)15;/h1-2,5-6,11-12H,3-4,7-10,18H2,(H,19,21);1H. The second kappa shape index (κ2) is 8.46. The zero-order valence-electron chi connectivity index (χ0n) is 13.4. The van der Waals surface area contributed by atoms with E-state index in [1.807, 2.05) is 34.5 Å². The van der Waals surface area contributed by atoms with Crippen LogP contribution in [-0.4, -0.2) is 42.9 Å². The van der Waals surface area contributed by atoms with E-state index in [1.54, 1.807) is 11.3 Å². The quantitative estimate of drug-likeness (QED) is 0.870. The van der Waals surface area contributed by atoms with Crippen LogP contribution >= 0.6 is 23.7 Å². The van der Waals surface area contributed by atoms with Gasteiger partial charge in [0.25, 0.3) is 5.91 Å². The van der Waals surface area contributed by atoms with Crippen molar-refractivity contribution in [2.45, 2.75) is 12.8 Å². The number of halogens is 1. The van der Waals surface area contributed by atoms with Gasteiger partial charge in [0, 0.05) is 41.6 Å². The number of nitrogens with zero attached hydrogens (tertiary/aromatic N) is 1. The summed E-state index contributed by atoms with van der Waals surface area (Å²) in [6.07, 6.45) is 1.68. The van der Waals surface area contributed by atoms with E-state index in [0.717, 1.165) is 28.5 Å². The number of nitrogens with two attached hydrogens (primary N) is 1. The van der Waals surface area contributed by atoms with E-state index in [-0.39, 0.29) is 30.1 Å². The molecule has 3 N–H and O–H groups in total. The first kappa shape index (κ1) is 18.7. The predicted octanol–water partition coefficient (Wildman–Crippen LogP) is 2.25. The van der Waals surface area contributed by atoms with Crippen molar-refractivity contribution in [2.75, 3.05) is 26.2 Å². The highest BCUT2D eigenvalue weighted by Gasteiger charge is 2.29. The molecular formula is C17H22ClN3O2S. The first-order valence-corrected chi connectivity index (χ1v) is 8.82. The van der Waals surface area contributed by atoms with Gasteiger partial charge in [0.15, 0.2) is 0 Å². The fourth-order valence-electron chi connectivity index (χ4n) is 3.03. The predicted molar refractivity (Wildman–Crippen MR) is 99.8 cm³/mol. The molecule has 130 valence electrons. The third kappa shape index (κ3) is 3.88. The van der Waals surface area contributed by atoms with E-state index in [4.69, 9.17) is 5.73 Å². The van der Waals surface area contributed by atoms with Crippen LogP contribution in [0.4, 0.5) is 0 Å². The topological polar surface area (TPSA) is 75.4 Å². The summed E-state index contributed by atoms with van der Waals surface area (Å²) in [6, 6.07) is 7.93. The summed E-state index contributed by atoms with van der Waals surface area (Å²) >= 11 is 1.58. The van der Waals surface area contributed by atoms with Gasteiger partial charge in [-0.25, -0.2) is 0 Å². The smallest absolute Gasteiger partial charge is 0.255 e. The number of likely N-dealkylation sites (tertiary alicyclic amines) is 1. The van der Waals surface area contributed by atoms with Gasteiger partial charge < -0.3 is 16.0 Å². The molecule has 0 radical (unpaired) electrons. The van der Waals surface area contributed by atoms with Crippen molar-refractivity contribution in [1.29, 1.82) is 0 Å². The zero-order chi connectivity index (χ0) is 16.2. The second-order valence-corrected chi connectivity index (χ2v) is 6.73. The number of piperidine rings is 1. The van der Waals surface area contributed by atoms with Crippen LogP contribution in [0.15, 0.2) is 29.6 Å². The highest BCUT2D eigenvalue weighted by atomic mass is 35.5. The Balaban J connectivity index is 0.00000208. The lowest BCUT2D eigenvalue weighted by Crippen LogP contribution is -2.46. The third-order valence-corrected chi connectivity index (χ3v) is 5.20. The summed E-state index contributed by atoms with van der Waals surface area (Å²) in [5.74, 6) is -0.106. The number of fused-ring (bicyclic) bond motifs is 1. The van der Waals surface area contributed by atoms with E-state index in [0.29, 0.717) is 26.2 Å². The van der Waals surface area contributed by atoms with Crippen molar-refractivity contribution in [3.63, 3.8) is 0 Å². The molecule has 2 aromatic rings. The molecule has 1 aromatic heterocycles. The lowest BCUT2D eigenvalue weighted by molar-refractivity contribution is -0.126. The Morgan fingerprint density at radius 3 is 2.92 bits per heavy atom. The minimum Gasteiger partial charge on any atom is -0.355 e. The van der Waals surface area contributed by atoms with Gasteiger partial charge in [0.1, 0.15) is 0 Å². The van der Waals surface area contributed by atoms with Crippen molar-refractivity contribution in [1.82, 2.24) is 10.2 Å². The van der Waals surface area contributed by atoms with Crippen LogP contribution in [-0.2, 0) is 4.79 Å². The summed E-state index contributed by atoms with van der Waals surface area (Å²) in [4.78, 5) is 26.8. The first-order valence-electron chi connectivity index (χ1n) is 7.94. The van der Waals surface area contributed by atoms with E-state index >= 15 is 0 Å². The number of nitrogens with one attached hydrogen (secondary N) is 1. The Labute approximate surface area is 151 Å². The molecule has 0 spiro atoms. The maximum Gasteiger partial charge on any atom is 0.255 e. The average molecular weight is 368 g/mol. The van der Waals surface area contributed by atoms with E-state index in [1.165, 1.54) is 0 Å². The highest BCUT2D eigenvalue weighted by molar-refractivity contribution is 7.17. The summed E-state index contributed by atoms with van der Waals surface area (Å²) < 4.78 is 1.12. The van der Waals surface area contributed by atoms with Gasteiger partial charge >= 0.3 is 0 Å². The molecule has 1 aromatic carbocycles. The summed E-state index contributed by atoms with van der Waals surface area (Å²) in [7, 11) is 0. The second-order valence-electron chi connectivity index (χ2n) is 5.82. The van der Waals surface area contributed by atoms with Crippen LogP contribution in [0.5, 0.6) is 0 Å². The van der Waals surface area contributed by atoms with Gasteiger partial charge in [-0.05, 0) is 18.9 Å². The van der Waals surface area contributed by atoms with Gasteiger partial charge in [0.2, 0.25) is 5.91 Å². The zero-order valence-corrected chi connectivity index (χ0v) is 15.0. The fraction of sp³-hybridized carbons (Fsp3) is 0.412. The average Bonchev–Trinajstić information content (AvgIpc) is 3.03. The highest BCUT2D eigenvalue weighted by Crippen LogP contribution is 2.28. The van der Waals surface area contributed by atoms with Crippen molar-refractivity contribution in [3.05, 3.63) is 35.2 Å². The monoisotopic (exact) mass is 367 g/mol. The molecule has 1 unspecified atom stereocenters. The molecule has 7 heteroatoms. The van der Waals surface area contributed by atoms with Crippen LogP contribution in [0.3, 0.4) is 0 Å². The molecule has 5 nitrogen and oxygen atoms in total. The van der Waals surface area contributed by atoms with E-state index < -0.39 is 0 Å². The number of thiophene rings is 1. The number of rotatable bonds is 4. The molecule has 1 fully saturated rings. The molecule has 1 saturated heterocycles. The number of hydrogen-bond donors (Lipinski definition) is 2. The molecule has 1 aliphatic heterocycles. The summed E-state index contributed by atoms with van der Waals surface area (Å²) in [5, 5.41) is 5.75. The van der Waals surface area contributed by atoms with Gasteiger partial charge in [0.05, 0.1) is 11.5 Å². The molecule has 1 atom stereocenters. The minimum atomic E-state index is -0.135. The lowest BCUT2D eigenvalue weighted by Gasteiger charge is -2.32. The Bertz CT molecular complexity index is 719. The number of benzene rings is 1. The molecule has 24 heavy (non-hydrogen) atoms. The normalized spacial score (nSPS) is 17.4. The summed E-state index contributed by atoms with van der Waals surface area (Å²) in [6.45, 7) is 2.11. The maximum absolute atomic E-state index is 12.8. The van der Waals surface area contributed by atoms with Crippen molar-refractivity contribution < 1.29 is 9.59 Å². The molecule has 0 aliphatic carbocycles. The third-order valence-electron chi connectivity index (χ3n) is 4.23. The van der Waals surface area contributed by atoms with Gasteiger partial charge in [-0.2, -0.15) is 0 Å². The van der Waals surface area contributed by atoms with Crippen LogP contribution in [0, 0.1) is 5.92 Å². The van der Waals surface area contributed by atoms with E-state index in [2.05, 4.69) is 5.32 Å². The van der Waals surface area contributed by atoms with Crippen LogP contribution in [0.25, 0.3) is 10.1 Å². The largest absolute Gasteiger partial charge is 0.355 e. The lowest BCUT2D eigenvalue weighted by atomic mass is 9.96. The van der Waals surface area contributed by atoms with Crippen LogP contribution in [0.2, 0.25) is 0 Å². The Morgan fingerprint density at radius 2 is 2.12 bits per heavy atom. The Kier molecular flexibility index (Phi) is 6.60. The number of hydrogen-bond acceptors (Lipinski definition) is 4. The molecule has 2 amide bonds. The van der Waals surface area contributed by atoms with E-state index in [9.17, 15) is 9.59 Å². The van der Waals surface area contributed by atoms with Crippen LogP contribution < -0.4 is 11.1 Å². The molecule has 3 rings (SSSR count). The molecule has 0 saturated carbocycles. The maximum atomic E-state index is 12.8. The van der Waals surface area contributed by atoms with Gasteiger partial charge in [-0.15, -0.1) is 23.7 Å². The first-order chi connectivity index (χ1) is 11.2.